The first-order chi connectivity index (χ1) is 9.69. The van der Waals surface area contributed by atoms with Gasteiger partial charge in [0.2, 0.25) is 10.0 Å². The number of hydrogen-bond donors (Lipinski definition) is 1. The quantitative estimate of drug-likeness (QED) is 0.840. The Morgan fingerprint density at radius 1 is 1.24 bits per heavy atom. The van der Waals surface area contributed by atoms with E-state index in [1.54, 1.807) is 32.2 Å². The molecule has 0 bridgehead atoms. The van der Waals surface area contributed by atoms with Crippen LogP contribution in [0.5, 0.6) is 0 Å². The van der Waals surface area contributed by atoms with E-state index in [4.69, 9.17) is 5.73 Å². The third kappa shape index (κ3) is 2.93. The number of nitrogens with zero attached hydrogens (tertiary/aromatic N) is 2. The number of nitrogens with two attached hydrogens (primary N) is 1. The third-order valence-corrected chi connectivity index (χ3v) is 6.60. The van der Waals surface area contributed by atoms with Gasteiger partial charge in [-0.15, -0.1) is 0 Å². The summed E-state index contributed by atoms with van der Waals surface area (Å²) in [7, 11) is 2.18. The number of rotatable bonds is 5. The van der Waals surface area contributed by atoms with Crippen LogP contribution in [0.25, 0.3) is 0 Å². The first kappa shape index (κ1) is 16.3. The molecule has 0 aromatic heterocycles. The fourth-order valence-corrected chi connectivity index (χ4v) is 4.40. The van der Waals surface area contributed by atoms with Crippen LogP contribution in [0.4, 0.5) is 5.69 Å². The Bertz CT molecular complexity index is 622. The molecule has 0 saturated heterocycles. The third-order valence-electron chi connectivity index (χ3n) is 4.65. The molecule has 1 aliphatic carbocycles. The first-order valence-corrected chi connectivity index (χ1v) is 8.63. The SMILES string of the molecule is Cc1ccc(N)cc1S(=O)(=O)N(C)CC1(N(C)C)CCC1. The number of anilines is 1. The smallest absolute Gasteiger partial charge is 0.243 e. The molecule has 118 valence electrons. The number of benzene rings is 1. The van der Waals surface area contributed by atoms with Gasteiger partial charge in [-0.05, 0) is 58.0 Å². The standard InChI is InChI=1S/C15H25N3O2S/c1-12-6-7-13(16)10-14(12)21(19,20)18(4)11-15(17(2)3)8-5-9-15/h6-7,10H,5,8-9,11,16H2,1-4H3. The van der Waals surface area contributed by atoms with Gasteiger partial charge in [0, 0.05) is 24.8 Å². The van der Waals surface area contributed by atoms with E-state index in [2.05, 4.69) is 4.90 Å². The Kier molecular flexibility index (Phi) is 4.33. The highest BCUT2D eigenvalue weighted by atomic mass is 32.2. The summed E-state index contributed by atoms with van der Waals surface area (Å²) in [5.41, 5.74) is 6.91. The maximum absolute atomic E-state index is 12.8. The summed E-state index contributed by atoms with van der Waals surface area (Å²) in [4.78, 5) is 2.45. The molecule has 2 N–H and O–H groups in total. The summed E-state index contributed by atoms with van der Waals surface area (Å²) in [5, 5.41) is 0. The van der Waals surface area contributed by atoms with Crippen LogP contribution < -0.4 is 5.73 Å². The average Bonchev–Trinajstić information content (AvgIpc) is 2.35. The van der Waals surface area contributed by atoms with Gasteiger partial charge in [-0.3, -0.25) is 0 Å². The molecule has 0 amide bonds. The second-order valence-electron chi connectivity index (χ2n) is 6.26. The molecule has 6 heteroatoms. The van der Waals surface area contributed by atoms with Crippen LogP contribution in [0.3, 0.4) is 0 Å². The maximum Gasteiger partial charge on any atom is 0.243 e. The maximum atomic E-state index is 12.8. The molecule has 0 radical (unpaired) electrons. The van der Waals surface area contributed by atoms with E-state index in [0.717, 1.165) is 24.8 Å². The van der Waals surface area contributed by atoms with E-state index in [-0.39, 0.29) is 5.54 Å². The molecule has 1 aliphatic rings. The lowest BCUT2D eigenvalue weighted by Gasteiger charge is -2.49. The summed E-state index contributed by atoms with van der Waals surface area (Å²) >= 11 is 0. The Hall–Kier alpha value is -1.11. The van der Waals surface area contributed by atoms with Gasteiger partial charge in [-0.25, -0.2) is 8.42 Å². The van der Waals surface area contributed by atoms with Gasteiger partial charge in [0.1, 0.15) is 0 Å². The van der Waals surface area contributed by atoms with E-state index < -0.39 is 10.0 Å². The van der Waals surface area contributed by atoms with Crippen LogP contribution in [0, 0.1) is 6.92 Å². The molecule has 5 nitrogen and oxygen atoms in total. The normalized spacial score (nSPS) is 18.0. The monoisotopic (exact) mass is 311 g/mol. The van der Waals surface area contributed by atoms with E-state index >= 15 is 0 Å². The summed E-state index contributed by atoms with van der Waals surface area (Å²) in [6, 6.07) is 5.02. The Morgan fingerprint density at radius 2 is 1.86 bits per heavy atom. The van der Waals surface area contributed by atoms with Crippen LogP contribution in [-0.2, 0) is 10.0 Å². The lowest BCUT2D eigenvalue weighted by molar-refractivity contribution is 0.0455. The van der Waals surface area contributed by atoms with E-state index in [1.165, 1.54) is 4.31 Å². The molecule has 0 atom stereocenters. The van der Waals surface area contributed by atoms with Crippen molar-refractivity contribution in [3.05, 3.63) is 23.8 Å². The van der Waals surface area contributed by atoms with Crippen LogP contribution in [0.2, 0.25) is 0 Å². The van der Waals surface area contributed by atoms with E-state index in [0.29, 0.717) is 17.1 Å². The molecule has 1 fully saturated rings. The van der Waals surface area contributed by atoms with Crippen molar-refractivity contribution in [2.45, 2.75) is 36.6 Å². The van der Waals surface area contributed by atoms with Gasteiger partial charge in [-0.2, -0.15) is 4.31 Å². The van der Waals surface area contributed by atoms with Gasteiger partial charge >= 0.3 is 0 Å². The highest BCUT2D eigenvalue weighted by molar-refractivity contribution is 7.89. The van der Waals surface area contributed by atoms with Gasteiger partial charge in [0.05, 0.1) is 4.90 Å². The predicted octanol–water partition coefficient (Wildman–Crippen LogP) is 1.68. The van der Waals surface area contributed by atoms with Gasteiger partial charge in [-0.1, -0.05) is 6.07 Å². The number of nitrogen functional groups attached to an aromatic ring is 1. The fourth-order valence-electron chi connectivity index (χ4n) is 2.89. The average molecular weight is 311 g/mol. The topological polar surface area (TPSA) is 66.6 Å². The molecule has 0 unspecified atom stereocenters. The van der Waals surface area contributed by atoms with Gasteiger partial charge < -0.3 is 10.6 Å². The molecule has 0 spiro atoms. The molecular weight excluding hydrogens is 286 g/mol. The van der Waals surface area contributed by atoms with Crippen molar-refractivity contribution in [3.63, 3.8) is 0 Å². The lowest BCUT2D eigenvalue weighted by atomic mass is 9.75. The van der Waals surface area contributed by atoms with E-state index in [1.807, 2.05) is 14.1 Å². The molecular formula is C15H25N3O2S. The molecule has 1 aromatic carbocycles. The molecule has 21 heavy (non-hydrogen) atoms. The number of sulfonamides is 1. The second-order valence-corrected chi connectivity index (χ2v) is 8.27. The Balaban J connectivity index is 2.29. The highest BCUT2D eigenvalue weighted by Gasteiger charge is 2.42. The minimum Gasteiger partial charge on any atom is -0.399 e. The molecule has 1 saturated carbocycles. The van der Waals surface area contributed by atoms with Crippen LogP contribution >= 0.6 is 0 Å². The van der Waals surface area contributed by atoms with Gasteiger partial charge in [0.15, 0.2) is 0 Å². The molecule has 1 aromatic rings. The number of likely N-dealkylation sites (N-methyl/N-ethyl adjacent to an activating group) is 2. The van der Waals surface area contributed by atoms with Crippen molar-refractivity contribution in [2.75, 3.05) is 33.4 Å². The lowest BCUT2D eigenvalue weighted by Crippen LogP contribution is -2.57. The number of aryl methyl sites for hydroxylation is 1. The van der Waals surface area contributed by atoms with Crippen LogP contribution in [-0.4, -0.2) is 50.8 Å². The van der Waals surface area contributed by atoms with Crippen LogP contribution in [0.15, 0.2) is 23.1 Å². The fraction of sp³-hybridized carbons (Fsp3) is 0.600. The van der Waals surface area contributed by atoms with E-state index in [9.17, 15) is 8.42 Å². The summed E-state index contributed by atoms with van der Waals surface area (Å²) < 4.78 is 27.1. The predicted molar refractivity (Wildman–Crippen MR) is 85.7 cm³/mol. The van der Waals surface area contributed by atoms with Crippen molar-refractivity contribution in [3.8, 4) is 0 Å². The van der Waals surface area contributed by atoms with Crippen molar-refractivity contribution in [2.24, 2.45) is 0 Å². The number of hydrogen-bond acceptors (Lipinski definition) is 4. The summed E-state index contributed by atoms with van der Waals surface area (Å²) in [5.74, 6) is 0. The molecule has 0 heterocycles. The highest BCUT2D eigenvalue weighted by Crippen LogP contribution is 2.37. The largest absolute Gasteiger partial charge is 0.399 e. The zero-order valence-corrected chi connectivity index (χ0v) is 14.1. The molecule has 2 rings (SSSR count). The van der Waals surface area contributed by atoms with Crippen molar-refractivity contribution < 1.29 is 8.42 Å². The minimum absolute atomic E-state index is 0.0317. The first-order valence-electron chi connectivity index (χ1n) is 7.19. The zero-order chi connectivity index (χ0) is 15.8. The van der Waals surface area contributed by atoms with Crippen molar-refractivity contribution in [1.82, 2.24) is 9.21 Å². The Morgan fingerprint density at radius 3 is 2.33 bits per heavy atom. The van der Waals surface area contributed by atoms with Crippen LogP contribution in [0.1, 0.15) is 24.8 Å². The molecule has 0 aliphatic heterocycles. The zero-order valence-electron chi connectivity index (χ0n) is 13.3. The van der Waals surface area contributed by atoms with Crippen molar-refractivity contribution in [1.29, 1.82) is 0 Å². The minimum atomic E-state index is -3.51. The van der Waals surface area contributed by atoms with Gasteiger partial charge in [0.25, 0.3) is 0 Å². The summed E-state index contributed by atoms with van der Waals surface area (Å²) in [6.45, 7) is 2.31. The summed E-state index contributed by atoms with van der Waals surface area (Å²) in [6.07, 6.45) is 3.23. The van der Waals surface area contributed by atoms with Crippen molar-refractivity contribution >= 4 is 15.7 Å². The Labute approximate surface area is 127 Å². The second kappa shape index (κ2) is 5.59.